The molecule has 0 fully saturated rings. The lowest BCUT2D eigenvalue weighted by Crippen LogP contribution is -2.28. The molecule has 0 radical (unpaired) electrons. The molecule has 0 rings (SSSR count). The van der Waals surface area contributed by atoms with Gasteiger partial charge in [0, 0.05) is 0 Å². The molecule has 1 N–H and O–H groups in total. The highest BCUT2D eigenvalue weighted by Gasteiger charge is 2.04. The van der Waals surface area contributed by atoms with Gasteiger partial charge in [0.25, 0.3) is 0 Å². The molecule has 0 aromatic heterocycles. The Labute approximate surface area is 76.1 Å². The first kappa shape index (κ1) is 11.7. The quantitative estimate of drug-likeness (QED) is 0.497. The predicted octanol–water partition coefficient (Wildman–Crippen LogP) is 0.227. The fraction of sp³-hybridized carbons (Fsp3) is 0.714. The van der Waals surface area contributed by atoms with Gasteiger partial charge in [-0.05, 0) is 13.8 Å². The number of hydrogen-bond donors (Lipinski definition) is 1. The summed E-state index contributed by atoms with van der Waals surface area (Å²) in [5, 5.41) is 0. The lowest BCUT2D eigenvalue weighted by atomic mass is 10.7. The number of carbonyl (C=O) groups is 2. The zero-order valence-electron chi connectivity index (χ0n) is 7.66. The summed E-state index contributed by atoms with van der Waals surface area (Å²) in [6.07, 6.45) is -0.730. The molecule has 13 heavy (non-hydrogen) atoms. The van der Waals surface area contributed by atoms with Crippen LogP contribution in [0.4, 0.5) is 4.79 Å². The number of hydrogen-bond acceptors (Lipinski definition) is 5. The van der Waals surface area contributed by atoms with Gasteiger partial charge in [-0.3, -0.25) is 4.84 Å². The van der Waals surface area contributed by atoms with Crippen molar-refractivity contribution < 1.29 is 23.9 Å². The van der Waals surface area contributed by atoms with E-state index in [1.807, 2.05) is 5.48 Å². The van der Waals surface area contributed by atoms with E-state index >= 15 is 0 Å². The molecule has 0 aliphatic carbocycles. The third kappa shape index (κ3) is 7.07. The van der Waals surface area contributed by atoms with Gasteiger partial charge in [-0.15, -0.1) is 0 Å². The van der Waals surface area contributed by atoms with E-state index in [2.05, 4.69) is 14.3 Å². The number of hydroxylamine groups is 1. The molecule has 0 heterocycles. The molecule has 6 heteroatoms. The van der Waals surface area contributed by atoms with Gasteiger partial charge in [0.05, 0.1) is 13.2 Å². The highest BCUT2D eigenvalue weighted by atomic mass is 16.7. The summed E-state index contributed by atoms with van der Waals surface area (Å²) in [6, 6.07) is 0. The van der Waals surface area contributed by atoms with Crippen molar-refractivity contribution in [3.63, 3.8) is 0 Å². The van der Waals surface area contributed by atoms with Crippen molar-refractivity contribution in [3.05, 3.63) is 0 Å². The molecular formula is C7H13NO5. The Morgan fingerprint density at radius 2 is 1.77 bits per heavy atom. The summed E-state index contributed by atoms with van der Waals surface area (Å²) in [5.41, 5.74) is 1.91. The Kier molecular flexibility index (Phi) is 6.62. The van der Waals surface area contributed by atoms with E-state index in [4.69, 9.17) is 0 Å². The van der Waals surface area contributed by atoms with Gasteiger partial charge in [-0.25, -0.2) is 9.59 Å². The summed E-state index contributed by atoms with van der Waals surface area (Å²) in [5.74, 6) is -0.542. The summed E-state index contributed by atoms with van der Waals surface area (Å²) >= 11 is 0. The third-order valence-electron chi connectivity index (χ3n) is 0.926. The van der Waals surface area contributed by atoms with Crippen molar-refractivity contribution in [2.24, 2.45) is 0 Å². The molecule has 0 aromatic rings. The number of esters is 1. The molecule has 1 amide bonds. The number of nitrogens with one attached hydrogen (secondary N) is 1. The smallest absolute Gasteiger partial charge is 0.431 e. The van der Waals surface area contributed by atoms with Gasteiger partial charge in [0.1, 0.15) is 0 Å². The minimum Gasteiger partial charge on any atom is -0.464 e. The van der Waals surface area contributed by atoms with Gasteiger partial charge in [-0.1, -0.05) is 0 Å². The van der Waals surface area contributed by atoms with Crippen molar-refractivity contribution in [2.45, 2.75) is 13.8 Å². The maximum Gasteiger partial charge on any atom is 0.431 e. The van der Waals surface area contributed by atoms with Crippen LogP contribution in [0.3, 0.4) is 0 Å². The fourth-order valence-electron chi connectivity index (χ4n) is 0.517. The van der Waals surface area contributed by atoms with Crippen LogP contribution in [-0.4, -0.2) is 31.9 Å². The second-order valence-corrected chi connectivity index (χ2v) is 1.92. The van der Waals surface area contributed by atoms with Crippen molar-refractivity contribution in [1.29, 1.82) is 0 Å². The summed E-state index contributed by atoms with van der Waals surface area (Å²) in [4.78, 5) is 25.7. The van der Waals surface area contributed by atoms with Gasteiger partial charge < -0.3 is 9.47 Å². The van der Waals surface area contributed by atoms with Crippen LogP contribution in [0.2, 0.25) is 0 Å². The Morgan fingerprint density at radius 3 is 2.31 bits per heavy atom. The third-order valence-corrected chi connectivity index (χ3v) is 0.926. The molecule has 6 nitrogen and oxygen atoms in total. The zero-order chi connectivity index (χ0) is 10.1. The molecule has 0 atom stereocenters. The van der Waals surface area contributed by atoms with E-state index in [-0.39, 0.29) is 19.8 Å². The fourth-order valence-corrected chi connectivity index (χ4v) is 0.517. The Morgan fingerprint density at radius 1 is 1.15 bits per heavy atom. The van der Waals surface area contributed by atoms with E-state index in [1.54, 1.807) is 13.8 Å². The maximum absolute atomic E-state index is 10.6. The number of carbonyl (C=O) groups excluding carboxylic acids is 2. The largest absolute Gasteiger partial charge is 0.464 e. The summed E-state index contributed by atoms with van der Waals surface area (Å²) in [6.45, 7) is 3.53. The highest BCUT2D eigenvalue weighted by molar-refractivity contribution is 5.71. The highest BCUT2D eigenvalue weighted by Crippen LogP contribution is 1.80. The van der Waals surface area contributed by atoms with Crippen LogP contribution in [-0.2, 0) is 19.1 Å². The van der Waals surface area contributed by atoms with Crippen LogP contribution in [0.15, 0.2) is 0 Å². The van der Waals surface area contributed by atoms with Crippen LogP contribution >= 0.6 is 0 Å². The van der Waals surface area contributed by atoms with Gasteiger partial charge in [0.15, 0.2) is 6.61 Å². The van der Waals surface area contributed by atoms with Crippen LogP contribution in [0.1, 0.15) is 13.8 Å². The zero-order valence-corrected chi connectivity index (χ0v) is 7.66. The van der Waals surface area contributed by atoms with Crippen molar-refractivity contribution >= 4 is 12.1 Å². The normalized spacial score (nSPS) is 9.08. The van der Waals surface area contributed by atoms with Gasteiger partial charge >= 0.3 is 12.1 Å². The minimum atomic E-state index is -0.730. The van der Waals surface area contributed by atoms with Crippen LogP contribution in [0.25, 0.3) is 0 Å². The Bertz CT molecular complexity index is 152. The average Bonchev–Trinajstić information content (AvgIpc) is 2.05. The molecule has 0 spiro atoms. The van der Waals surface area contributed by atoms with E-state index in [0.717, 1.165) is 0 Å². The first-order chi connectivity index (χ1) is 6.20. The summed E-state index contributed by atoms with van der Waals surface area (Å²) < 4.78 is 8.98. The molecule has 0 bridgehead atoms. The van der Waals surface area contributed by atoms with E-state index < -0.39 is 12.1 Å². The van der Waals surface area contributed by atoms with Crippen LogP contribution < -0.4 is 5.48 Å². The molecular weight excluding hydrogens is 178 g/mol. The van der Waals surface area contributed by atoms with E-state index in [1.165, 1.54) is 0 Å². The first-order valence-corrected chi connectivity index (χ1v) is 3.90. The standard InChI is InChI=1S/C7H13NO5/c1-3-11-6(9)5-13-8-7(10)12-4-2/h3-5H2,1-2H3,(H,8,10). The van der Waals surface area contributed by atoms with Crippen molar-refractivity contribution in [1.82, 2.24) is 5.48 Å². The SMILES string of the molecule is CCOC(=O)CONC(=O)OCC. The molecule has 76 valence electrons. The first-order valence-electron chi connectivity index (χ1n) is 3.90. The molecule has 0 saturated heterocycles. The van der Waals surface area contributed by atoms with E-state index in [0.29, 0.717) is 0 Å². The number of ether oxygens (including phenoxy) is 2. The maximum atomic E-state index is 10.6. The minimum absolute atomic E-state index is 0.245. The number of rotatable bonds is 5. The summed E-state index contributed by atoms with van der Waals surface area (Å²) in [7, 11) is 0. The lowest BCUT2D eigenvalue weighted by molar-refractivity contribution is -0.150. The van der Waals surface area contributed by atoms with Crippen molar-refractivity contribution in [3.8, 4) is 0 Å². The molecule has 0 unspecified atom stereocenters. The van der Waals surface area contributed by atoms with Gasteiger partial charge in [-0.2, -0.15) is 5.48 Å². The van der Waals surface area contributed by atoms with Gasteiger partial charge in [0.2, 0.25) is 0 Å². The molecule has 0 aromatic carbocycles. The monoisotopic (exact) mass is 191 g/mol. The Hall–Kier alpha value is -1.30. The molecule has 0 saturated carbocycles. The Balaban J connectivity index is 3.33. The topological polar surface area (TPSA) is 73.9 Å². The molecule has 0 aliphatic rings. The number of amides is 1. The lowest BCUT2D eigenvalue weighted by Gasteiger charge is -2.04. The predicted molar refractivity (Wildman–Crippen MR) is 42.7 cm³/mol. The van der Waals surface area contributed by atoms with Crippen LogP contribution in [0.5, 0.6) is 0 Å². The van der Waals surface area contributed by atoms with Crippen molar-refractivity contribution in [2.75, 3.05) is 19.8 Å². The average molecular weight is 191 g/mol. The van der Waals surface area contributed by atoms with E-state index in [9.17, 15) is 9.59 Å². The van der Waals surface area contributed by atoms with Crippen LogP contribution in [0, 0.1) is 0 Å². The second kappa shape index (κ2) is 7.35. The second-order valence-electron chi connectivity index (χ2n) is 1.92. The molecule has 0 aliphatic heterocycles.